The number of hydrogen-bond donors (Lipinski definition) is 1. The number of nitrogens with zero attached hydrogens (tertiary/aromatic N) is 1. The molecule has 1 atom stereocenters. The van der Waals surface area contributed by atoms with Gasteiger partial charge in [-0.1, -0.05) is 6.92 Å². The van der Waals surface area contributed by atoms with Crippen LogP contribution in [0.2, 0.25) is 0 Å². The highest BCUT2D eigenvalue weighted by Crippen LogP contribution is 2.12. The van der Waals surface area contributed by atoms with Gasteiger partial charge in [0.05, 0.1) is 5.60 Å². The van der Waals surface area contributed by atoms with Crippen LogP contribution in [0.25, 0.3) is 0 Å². The monoisotopic (exact) mass is 302 g/mol. The fourth-order valence-corrected chi connectivity index (χ4v) is 1.79. The minimum absolute atomic E-state index is 0.0937. The van der Waals surface area contributed by atoms with Crippen molar-refractivity contribution in [1.82, 2.24) is 10.2 Å². The summed E-state index contributed by atoms with van der Waals surface area (Å²) in [5, 5.41) is 3.41. The SMILES string of the molecule is COC(C)(C)CCNCC(C)CN(C)C(=O)OC(C)(C)C. The first-order valence-electron chi connectivity index (χ1n) is 7.67. The van der Waals surface area contributed by atoms with E-state index < -0.39 is 5.60 Å². The fraction of sp³-hybridized carbons (Fsp3) is 0.938. The van der Waals surface area contributed by atoms with Crippen LogP contribution in [0.4, 0.5) is 4.79 Å². The lowest BCUT2D eigenvalue weighted by Crippen LogP contribution is -2.39. The van der Waals surface area contributed by atoms with E-state index >= 15 is 0 Å². The van der Waals surface area contributed by atoms with E-state index in [0.717, 1.165) is 19.5 Å². The molecule has 0 spiro atoms. The molecule has 0 rings (SSSR count). The lowest BCUT2D eigenvalue weighted by molar-refractivity contribution is 0.0156. The van der Waals surface area contributed by atoms with Crippen LogP contribution in [-0.4, -0.2) is 56.0 Å². The summed E-state index contributed by atoms with van der Waals surface area (Å²) in [5.74, 6) is 0.369. The first-order chi connectivity index (χ1) is 9.47. The summed E-state index contributed by atoms with van der Waals surface area (Å²) in [6.45, 7) is 14.4. The van der Waals surface area contributed by atoms with E-state index in [9.17, 15) is 4.79 Å². The molecule has 0 aromatic carbocycles. The smallest absolute Gasteiger partial charge is 0.410 e. The Balaban J connectivity index is 3.93. The highest BCUT2D eigenvalue weighted by molar-refractivity contribution is 5.67. The average molecular weight is 302 g/mol. The van der Waals surface area contributed by atoms with Gasteiger partial charge in [0.1, 0.15) is 5.60 Å². The van der Waals surface area contributed by atoms with Gasteiger partial charge < -0.3 is 19.7 Å². The molecule has 0 aromatic rings. The molecule has 126 valence electrons. The Bertz CT molecular complexity index is 311. The number of nitrogens with one attached hydrogen (secondary N) is 1. The summed E-state index contributed by atoms with van der Waals surface area (Å²) >= 11 is 0. The van der Waals surface area contributed by atoms with Crippen molar-refractivity contribution >= 4 is 6.09 Å². The van der Waals surface area contributed by atoms with E-state index in [1.165, 1.54) is 0 Å². The van der Waals surface area contributed by atoms with Crippen LogP contribution in [0.15, 0.2) is 0 Å². The van der Waals surface area contributed by atoms with Crippen molar-refractivity contribution in [2.75, 3.05) is 33.8 Å². The maximum Gasteiger partial charge on any atom is 0.410 e. The number of carbonyl (C=O) groups is 1. The topological polar surface area (TPSA) is 50.8 Å². The molecule has 21 heavy (non-hydrogen) atoms. The van der Waals surface area contributed by atoms with Crippen LogP contribution in [0.5, 0.6) is 0 Å². The molecule has 0 bridgehead atoms. The Morgan fingerprint density at radius 3 is 2.29 bits per heavy atom. The normalized spacial score (nSPS) is 13.9. The second-order valence-corrected chi connectivity index (χ2v) is 7.38. The van der Waals surface area contributed by atoms with Crippen LogP contribution in [0.3, 0.4) is 0 Å². The minimum atomic E-state index is -0.446. The molecule has 5 heteroatoms. The molecular formula is C16H34N2O3. The molecule has 0 aliphatic rings. The molecule has 0 saturated carbocycles. The standard InChI is InChI=1S/C16H34N2O3/c1-13(11-17-10-9-16(5,6)20-8)12-18(7)14(19)21-15(2,3)4/h13,17H,9-12H2,1-8H3. The van der Waals surface area contributed by atoms with Crippen molar-refractivity contribution in [3.8, 4) is 0 Å². The lowest BCUT2D eigenvalue weighted by atomic mass is 10.1. The molecule has 1 amide bonds. The highest BCUT2D eigenvalue weighted by atomic mass is 16.6. The summed E-state index contributed by atoms with van der Waals surface area (Å²) < 4.78 is 10.7. The third kappa shape index (κ3) is 10.5. The third-order valence-electron chi connectivity index (χ3n) is 3.24. The van der Waals surface area contributed by atoms with Crippen molar-refractivity contribution < 1.29 is 14.3 Å². The van der Waals surface area contributed by atoms with E-state index in [4.69, 9.17) is 9.47 Å². The van der Waals surface area contributed by atoms with Gasteiger partial charge in [0.15, 0.2) is 0 Å². The van der Waals surface area contributed by atoms with Gasteiger partial charge >= 0.3 is 6.09 Å². The van der Waals surface area contributed by atoms with Gasteiger partial charge in [-0.3, -0.25) is 0 Å². The molecule has 0 saturated heterocycles. The Morgan fingerprint density at radius 2 is 1.81 bits per heavy atom. The zero-order valence-electron chi connectivity index (χ0n) is 15.1. The Hall–Kier alpha value is -0.810. The number of hydrogen-bond acceptors (Lipinski definition) is 4. The number of ether oxygens (including phenoxy) is 2. The van der Waals surface area contributed by atoms with Crippen LogP contribution >= 0.6 is 0 Å². The van der Waals surface area contributed by atoms with Gasteiger partial charge in [-0.15, -0.1) is 0 Å². The molecule has 0 radical (unpaired) electrons. The molecule has 0 aromatic heterocycles. The fourth-order valence-electron chi connectivity index (χ4n) is 1.79. The predicted molar refractivity (Wildman–Crippen MR) is 86.6 cm³/mol. The first kappa shape index (κ1) is 20.2. The molecular weight excluding hydrogens is 268 g/mol. The zero-order chi connectivity index (χ0) is 16.7. The first-order valence-corrected chi connectivity index (χ1v) is 7.67. The molecule has 0 aliphatic carbocycles. The van der Waals surface area contributed by atoms with Crippen molar-refractivity contribution in [2.24, 2.45) is 5.92 Å². The Labute approximate surface area is 130 Å². The minimum Gasteiger partial charge on any atom is -0.444 e. The molecule has 1 unspecified atom stereocenters. The van der Waals surface area contributed by atoms with E-state index in [2.05, 4.69) is 26.1 Å². The number of rotatable bonds is 8. The molecule has 5 nitrogen and oxygen atoms in total. The number of amides is 1. The lowest BCUT2D eigenvalue weighted by Gasteiger charge is -2.27. The van der Waals surface area contributed by atoms with Crippen LogP contribution < -0.4 is 5.32 Å². The van der Waals surface area contributed by atoms with E-state index in [1.54, 1.807) is 19.1 Å². The van der Waals surface area contributed by atoms with E-state index in [0.29, 0.717) is 12.5 Å². The van der Waals surface area contributed by atoms with Gasteiger partial charge in [0, 0.05) is 20.7 Å². The molecule has 1 N–H and O–H groups in total. The summed E-state index contributed by atoms with van der Waals surface area (Å²) in [4.78, 5) is 13.5. The molecule has 0 fully saturated rings. The van der Waals surface area contributed by atoms with E-state index in [-0.39, 0.29) is 11.7 Å². The average Bonchev–Trinajstić information content (AvgIpc) is 2.32. The van der Waals surface area contributed by atoms with Gasteiger partial charge in [0.25, 0.3) is 0 Å². The second kappa shape index (κ2) is 8.59. The summed E-state index contributed by atoms with van der Waals surface area (Å²) in [5.41, 5.74) is -0.540. The van der Waals surface area contributed by atoms with E-state index in [1.807, 2.05) is 20.8 Å². The van der Waals surface area contributed by atoms with Crippen molar-refractivity contribution in [1.29, 1.82) is 0 Å². The van der Waals surface area contributed by atoms with Crippen molar-refractivity contribution in [2.45, 2.75) is 59.2 Å². The Kier molecular flexibility index (Phi) is 8.26. The molecule has 0 heterocycles. The maximum atomic E-state index is 11.9. The van der Waals surface area contributed by atoms with Gasteiger partial charge in [-0.2, -0.15) is 0 Å². The number of methoxy groups -OCH3 is 1. The summed E-state index contributed by atoms with van der Waals surface area (Å²) in [6.07, 6.45) is 0.688. The summed E-state index contributed by atoms with van der Waals surface area (Å²) in [6, 6.07) is 0. The second-order valence-electron chi connectivity index (χ2n) is 7.38. The van der Waals surface area contributed by atoms with Gasteiger partial charge in [0.2, 0.25) is 0 Å². The van der Waals surface area contributed by atoms with Gasteiger partial charge in [-0.25, -0.2) is 4.79 Å². The predicted octanol–water partition coefficient (Wildman–Crippen LogP) is 2.89. The van der Waals surface area contributed by atoms with Crippen LogP contribution in [0, 0.1) is 5.92 Å². The largest absolute Gasteiger partial charge is 0.444 e. The maximum absolute atomic E-state index is 11.9. The zero-order valence-corrected chi connectivity index (χ0v) is 15.1. The third-order valence-corrected chi connectivity index (χ3v) is 3.24. The Morgan fingerprint density at radius 1 is 1.24 bits per heavy atom. The molecule has 0 aliphatic heterocycles. The van der Waals surface area contributed by atoms with Crippen LogP contribution in [-0.2, 0) is 9.47 Å². The van der Waals surface area contributed by atoms with Crippen molar-refractivity contribution in [3.05, 3.63) is 0 Å². The van der Waals surface area contributed by atoms with Crippen LogP contribution in [0.1, 0.15) is 48.0 Å². The van der Waals surface area contributed by atoms with Crippen molar-refractivity contribution in [3.63, 3.8) is 0 Å². The number of carbonyl (C=O) groups excluding carboxylic acids is 1. The quantitative estimate of drug-likeness (QED) is 0.701. The van der Waals surface area contributed by atoms with Gasteiger partial charge in [-0.05, 0) is 60.0 Å². The summed E-state index contributed by atoms with van der Waals surface area (Å²) in [7, 11) is 3.51. The highest BCUT2D eigenvalue weighted by Gasteiger charge is 2.21.